The van der Waals surface area contributed by atoms with E-state index in [0.29, 0.717) is 9.47 Å². The normalized spacial score (nSPS) is 14.1. The maximum absolute atomic E-state index is 12.4. The second-order valence-electron chi connectivity index (χ2n) is 6.44. The molecule has 0 unspecified atom stereocenters. The van der Waals surface area contributed by atoms with E-state index < -0.39 is 10.8 Å². The summed E-state index contributed by atoms with van der Waals surface area (Å²) in [6, 6.07) is 9.66. The first-order valence-corrected chi connectivity index (χ1v) is 10.1. The number of thioether (sulfide) groups is 1. The van der Waals surface area contributed by atoms with Crippen LogP contribution in [0.1, 0.15) is 27.7 Å². The number of nitriles is 1. The molecule has 0 aliphatic carbocycles. The van der Waals surface area contributed by atoms with Gasteiger partial charge in [-0.2, -0.15) is 5.26 Å². The van der Waals surface area contributed by atoms with Crippen molar-refractivity contribution in [1.29, 1.82) is 5.26 Å². The largest absolute Gasteiger partial charge is 0.497 e. The van der Waals surface area contributed by atoms with Crippen molar-refractivity contribution in [2.45, 2.75) is 42.8 Å². The molecule has 2 rings (SSSR count). The molecule has 0 saturated carbocycles. The number of hydrogen-bond donors (Lipinski definition) is 2. The molecule has 0 aliphatic heterocycles. The van der Waals surface area contributed by atoms with Crippen LogP contribution in [0, 0.1) is 17.2 Å². The molecule has 2 aromatic rings. The molecule has 0 saturated heterocycles. The second kappa shape index (κ2) is 9.06. The summed E-state index contributed by atoms with van der Waals surface area (Å²) < 4.78 is 5.81. The highest BCUT2D eigenvalue weighted by atomic mass is 32.2. The highest BCUT2D eigenvalue weighted by molar-refractivity contribution is 8.02. The summed E-state index contributed by atoms with van der Waals surface area (Å²) in [5.74, 6) is 0.586. The molecule has 1 aromatic carbocycles. The Hall–Kier alpha value is -2.31. The number of carbonyl (C=O) groups is 1. The van der Waals surface area contributed by atoms with E-state index in [1.165, 1.54) is 23.1 Å². The van der Waals surface area contributed by atoms with Crippen molar-refractivity contribution in [3.05, 3.63) is 24.3 Å². The van der Waals surface area contributed by atoms with Gasteiger partial charge in [0.25, 0.3) is 0 Å². The summed E-state index contributed by atoms with van der Waals surface area (Å²) in [7, 11) is 1.62. The van der Waals surface area contributed by atoms with Crippen LogP contribution in [0.4, 0.5) is 10.8 Å². The van der Waals surface area contributed by atoms with E-state index in [9.17, 15) is 10.1 Å². The Morgan fingerprint density at radius 2 is 1.96 bits per heavy atom. The maximum Gasteiger partial charge on any atom is 0.234 e. The maximum atomic E-state index is 12.4. The van der Waals surface area contributed by atoms with E-state index in [1.54, 1.807) is 21.0 Å². The minimum Gasteiger partial charge on any atom is -0.497 e. The number of amides is 1. The first-order chi connectivity index (χ1) is 12.8. The van der Waals surface area contributed by atoms with Crippen LogP contribution in [-0.2, 0) is 4.79 Å². The van der Waals surface area contributed by atoms with Gasteiger partial charge < -0.3 is 15.4 Å². The minimum atomic E-state index is -0.895. The summed E-state index contributed by atoms with van der Waals surface area (Å²) in [4.78, 5) is 12.4. The van der Waals surface area contributed by atoms with Crippen molar-refractivity contribution < 1.29 is 9.53 Å². The molecule has 144 valence electrons. The zero-order valence-corrected chi connectivity index (χ0v) is 17.6. The summed E-state index contributed by atoms with van der Waals surface area (Å²) in [6.45, 7) is 7.33. The van der Waals surface area contributed by atoms with Gasteiger partial charge in [0.2, 0.25) is 11.0 Å². The SMILES string of the molecule is COc1ccc(Nc2nnc(S[C@@H](C)C(=O)N[C@@](C)(C#N)C(C)C)s2)cc1. The summed E-state index contributed by atoms with van der Waals surface area (Å²) >= 11 is 2.68. The molecule has 27 heavy (non-hydrogen) atoms. The van der Waals surface area contributed by atoms with Crippen molar-refractivity contribution in [2.75, 3.05) is 12.4 Å². The first kappa shape index (κ1) is 21.0. The number of benzene rings is 1. The average molecular weight is 406 g/mol. The monoisotopic (exact) mass is 405 g/mol. The Morgan fingerprint density at radius 1 is 1.30 bits per heavy atom. The number of nitrogens with one attached hydrogen (secondary N) is 2. The Kier molecular flexibility index (Phi) is 7.05. The molecule has 1 heterocycles. The number of rotatable bonds is 8. The van der Waals surface area contributed by atoms with Crippen LogP contribution in [0.15, 0.2) is 28.6 Å². The molecule has 1 amide bonds. The fraction of sp³-hybridized carbons (Fsp3) is 0.444. The van der Waals surface area contributed by atoms with Crippen LogP contribution in [0.3, 0.4) is 0 Å². The zero-order chi connectivity index (χ0) is 20.0. The van der Waals surface area contributed by atoms with Crippen molar-refractivity contribution >= 4 is 39.8 Å². The third kappa shape index (κ3) is 5.58. The van der Waals surface area contributed by atoms with Crippen LogP contribution < -0.4 is 15.4 Å². The van der Waals surface area contributed by atoms with Crippen LogP contribution in [0.25, 0.3) is 0 Å². The number of carbonyl (C=O) groups excluding carboxylic acids is 1. The van der Waals surface area contributed by atoms with Gasteiger partial charge in [0.1, 0.15) is 11.3 Å². The van der Waals surface area contributed by atoms with Gasteiger partial charge in [-0.1, -0.05) is 36.9 Å². The quantitative estimate of drug-likeness (QED) is 0.644. The van der Waals surface area contributed by atoms with Gasteiger partial charge in [-0.05, 0) is 44.0 Å². The van der Waals surface area contributed by atoms with Gasteiger partial charge in [-0.3, -0.25) is 4.79 Å². The van der Waals surface area contributed by atoms with E-state index in [1.807, 2.05) is 38.1 Å². The molecule has 0 radical (unpaired) electrons. The van der Waals surface area contributed by atoms with E-state index in [-0.39, 0.29) is 11.8 Å². The fourth-order valence-corrected chi connectivity index (χ4v) is 3.89. The Labute approximate surface area is 167 Å². The Balaban J connectivity index is 1.96. The fourth-order valence-electron chi connectivity index (χ4n) is 1.97. The number of hydrogen-bond acceptors (Lipinski definition) is 8. The molecular formula is C18H23N5O2S2. The van der Waals surface area contributed by atoms with Crippen LogP contribution >= 0.6 is 23.1 Å². The lowest BCUT2D eigenvalue weighted by molar-refractivity contribution is -0.121. The number of anilines is 2. The van der Waals surface area contributed by atoms with Crippen LogP contribution in [-0.4, -0.2) is 34.0 Å². The van der Waals surface area contributed by atoms with Crippen LogP contribution in [0.2, 0.25) is 0 Å². The van der Waals surface area contributed by atoms with Gasteiger partial charge >= 0.3 is 0 Å². The average Bonchev–Trinajstić information content (AvgIpc) is 3.08. The molecule has 2 N–H and O–H groups in total. The predicted octanol–water partition coefficient (Wildman–Crippen LogP) is 3.83. The van der Waals surface area contributed by atoms with Crippen molar-refractivity contribution in [2.24, 2.45) is 5.92 Å². The standard InChI is InChI=1S/C18H23N5O2S2/c1-11(2)18(4,10-19)21-15(24)12(3)26-17-23-22-16(27-17)20-13-6-8-14(25-5)9-7-13/h6-9,11-12H,1-5H3,(H,20,22)(H,21,24)/t12-,18-/m0/s1. The summed E-state index contributed by atoms with van der Waals surface area (Å²) in [5.41, 5.74) is -0.0234. The highest BCUT2D eigenvalue weighted by Crippen LogP contribution is 2.31. The Morgan fingerprint density at radius 3 is 2.52 bits per heavy atom. The van der Waals surface area contributed by atoms with E-state index in [4.69, 9.17) is 4.74 Å². The second-order valence-corrected chi connectivity index (χ2v) is 9.01. The molecule has 0 spiro atoms. The molecule has 2 atom stereocenters. The van der Waals surface area contributed by atoms with E-state index >= 15 is 0 Å². The highest BCUT2D eigenvalue weighted by Gasteiger charge is 2.32. The first-order valence-electron chi connectivity index (χ1n) is 8.42. The predicted molar refractivity (Wildman–Crippen MR) is 109 cm³/mol. The lowest BCUT2D eigenvalue weighted by atomic mass is 9.90. The number of aromatic nitrogens is 2. The van der Waals surface area contributed by atoms with Gasteiger partial charge in [0.05, 0.1) is 18.4 Å². The minimum absolute atomic E-state index is 0.00507. The molecule has 7 nitrogen and oxygen atoms in total. The van der Waals surface area contributed by atoms with Gasteiger partial charge in [-0.25, -0.2) is 0 Å². The topological polar surface area (TPSA) is 99.9 Å². The van der Waals surface area contributed by atoms with Gasteiger partial charge in [-0.15, -0.1) is 10.2 Å². The lowest BCUT2D eigenvalue weighted by Crippen LogP contribution is -2.51. The molecule has 9 heteroatoms. The van der Waals surface area contributed by atoms with Crippen LogP contribution in [0.5, 0.6) is 5.75 Å². The van der Waals surface area contributed by atoms with Crippen molar-refractivity contribution in [1.82, 2.24) is 15.5 Å². The lowest BCUT2D eigenvalue weighted by Gasteiger charge is -2.28. The smallest absolute Gasteiger partial charge is 0.234 e. The molecular weight excluding hydrogens is 382 g/mol. The number of methoxy groups -OCH3 is 1. The third-order valence-corrected chi connectivity index (χ3v) is 6.19. The summed E-state index contributed by atoms with van der Waals surface area (Å²) in [5, 5.41) is 23.8. The van der Waals surface area contributed by atoms with Gasteiger partial charge in [0.15, 0.2) is 4.34 Å². The number of ether oxygens (including phenoxy) is 1. The third-order valence-electron chi connectivity index (χ3n) is 4.16. The molecule has 0 fully saturated rings. The van der Waals surface area contributed by atoms with Gasteiger partial charge in [0, 0.05) is 5.69 Å². The molecule has 0 aliphatic rings. The summed E-state index contributed by atoms with van der Waals surface area (Å²) in [6.07, 6.45) is 0. The van der Waals surface area contributed by atoms with Crippen molar-refractivity contribution in [3.63, 3.8) is 0 Å². The molecule has 0 bridgehead atoms. The van der Waals surface area contributed by atoms with E-state index in [0.717, 1.165) is 11.4 Å². The molecule has 1 aromatic heterocycles. The van der Waals surface area contributed by atoms with E-state index in [2.05, 4.69) is 26.9 Å². The van der Waals surface area contributed by atoms with Crippen molar-refractivity contribution in [3.8, 4) is 11.8 Å². The number of nitrogens with zero attached hydrogens (tertiary/aromatic N) is 3. The zero-order valence-electron chi connectivity index (χ0n) is 15.9. The Bertz CT molecular complexity index is 816.